The topological polar surface area (TPSA) is 38.1 Å². The molecular weight excluding hydrogens is 356 g/mol. The van der Waals surface area contributed by atoms with Crippen molar-refractivity contribution in [2.75, 3.05) is 6.61 Å². The lowest BCUT2D eigenvalue weighted by atomic mass is 9.76. The minimum Gasteiger partial charge on any atom is -0.396 e. The molecular formula is C26H26N2O. The average molecular weight is 383 g/mol. The number of nitrogens with zero attached hydrogens (tertiary/aromatic N) is 2. The van der Waals surface area contributed by atoms with Gasteiger partial charge in [-0.2, -0.15) is 0 Å². The average Bonchev–Trinajstić information content (AvgIpc) is 3.16. The van der Waals surface area contributed by atoms with E-state index in [1.54, 1.807) is 0 Å². The van der Waals surface area contributed by atoms with Gasteiger partial charge in [0.1, 0.15) is 5.54 Å². The van der Waals surface area contributed by atoms with Gasteiger partial charge in [0.05, 0.1) is 12.0 Å². The zero-order chi connectivity index (χ0) is 20.1. The van der Waals surface area contributed by atoms with E-state index in [1.807, 2.05) is 6.33 Å². The van der Waals surface area contributed by atoms with Gasteiger partial charge in [0.2, 0.25) is 0 Å². The predicted octanol–water partition coefficient (Wildman–Crippen LogP) is 4.96. The van der Waals surface area contributed by atoms with Crippen LogP contribution >= 0.6 is 0 Å². The summed E-state index contributed by atoms with van der Waals surface area (Å²) in [4.78, 5) is 4.75. The molecule has 1 heterocycles. The third-order valence-electron chi connectivity index (χ3n) is 5.62. The van der Waals surface area contributed by atoms with Gasteiger partial charge >= 0.3 is 0 Å². The first-order chi connectivity index (χ1) is 14.3. The summed E-state index contributed by atoms with van der Waals surface area (Å²) in [5.74, 6) is 0. The zero-order valence-electron chi connectivity index (χ0n) is 16.7. The normalized spacial score (nSPS) is 11.5. The standard InChI is InChI=1S/C26H26N2O/c1-21-25(18-11-19-29)27-20-28(21)26(22-12-5-2-6-13-22,23-14-7-3-8-15-23)24-16-9-4-10-17-24/h2-10,12-17,20,29H,11,18-19H2,1H3. The van der Waals surface area contributed by atoms with Gasteiger partial charge in [-0.25, -0.2) is 4.98 Å². The molecule has 0 saturated heterocycles. The van der Waals surface area contributed by atoms with Gasteiger partial charge in [-0.3, -0.25) is 0 Å². The maximum atomic E-state index is 9.28. The number of aromatic nitrogens is 2. The smallest absolute Gasteiger partial charge is 0.121 e. The van der Waals surface area contributed by atoms with Crippen molar-refractivity contribution in [3.63, 3.8) is 0 Å². The van der Waals surface area contributed by atoms with E-state index < -0.39 is 5.54 Å². The molecule has 1 aromatic heterocycles. The van der Waals surface area contributed by atoms with Crippen molar-refractivity contribution in [1.29, 1.82) is 0 Å². The molecule has 146 valence electrons. The fraction of sp³-hybridized carbons (Fsp3) is 0.192. The minimum absolute atomic E-state index is 0.174. The van der Waals surface area contributed by atoms with E-state index in [0.29, 0.717) is 6.42 Å². The van der Waals surface area contributed by atoms with Gasteiger partial charge in [0, 0.05) is 12.3 Å². The van der Waals surface area contributed by atoms with Crippen LogP contribution in [0, 0.1) is 6.92 Å². The number of aliphatic hydroxyl groups is 1. The first kappa shape index (κ1) is 19.2. The molecule has 4 rings (SSSR count). The first-order valence-electron chi connectivity index (χ1n) is 10.1. The quantitative estimate of drug-likeness (QED) is 0.459. The Labute approximate surface area is 172 Å². The highest BCUT2D eigenvalue weighted by atomic mass is 16.2. The summed E-state index contributed by atoms with van der Waals surface area (Å²) in [7, 11) is 0. The molecule has 0 spiro atoms. The zero-order valence-corrected chi connectivity index (χ0v) is 16.7. The Morgan fingerprint density at radius 1 is 0.759 bits per heavy atom. The van der Waals surface area contributed by atoms with E-state index in [-0.39, 0.29) is 6.61 Å². The molecule has 0 aliphatic heterocycles. The second kappa shape index (κ2) is 8.46. The van der Waals surface area contributed by atoms with Crippen molar-refractivity contribution in [2.24, 2.45) is 0 Å². The largest absolute Gasteiger partial charge is 0.396 e. The van der Waals surface area contributed by atoms with E-state index in [4.69, 9.17) is 4.98 Å². The fourth-order valence-corrected chi connectivity index (χ4v) is 4.23. The lowest BCUT2D eigenvalue weighted by Gasteiger charge is -2.38. The molecule has 0 bridgehead atoms. The highest BCUT2D eigenvalue weighted by Crippen LogP contribution is 2.41. The second-order valence-electron chi connectivity index (χ2n) is 7.28. The molecule has 0 unspecified atom stereocenters. The van der Waals surface area contributed by atoms with Crippen LogP contribution in [0.3, 0.4) is 0 Å². The van der Waals surface area contributed by atoms with Crippen LogP contribution in [0.25, 0.3) is 0 Å². The van der Waals surface area contributed by atoms with E-state index in [2.05, 4.69) is 102 Å². The highest BCUT2D eigenvalue weighted by molar-refractivity contribution is 5.51. The lowest BCUT2D eigenvalue weighted by Crippen LogP contribution is -2.38. The van der Waals surface area contributed by atoms with Gasteiger partial charge in [0.25, 0.3) is 0 Å². The molecule has 0 aliphatic rings. The summed E-state index contributed by atoms with van der Waals surface area (Å²) in [6.07, 6.45) is 3.44. The summed E-state index contributed by atoms with van der Waals surface area (Å²) in [6, 6.07) is 31.8. The Kier molecular flexibility index (Phi) is 5.59. The lowest BCUT2D eigenvalue weighted by molar-refractivity contribution is 0.288. The number of aryl methyl sites for hydroxylation is 1. The van der Waals surface area contributed by atoms with Crippen LogP contribution < -0.4 is 0 Å². The monoisotopic (exact) mass is 382 g/mol. The summed E-state index contributed by atoms with van der Waals surface area (Å²) >= 11 is 0. The predicted molar refractivity (Wildman–Crippen MR) is 117 cm³/mol. The van der Waals surface area contributed by atoms with Crippen LogP contribution in [0.2, 0.25) is 0 Å². The Morgan fingerprint density at radius 2 is 1.21 bits per heavy atom. The molecule has 3 aromatic carbocycles. The van der Waals surface area contributed by atoms with Gasteiger partial charge in [-0.15, -0.1) is 0 Å². The Balaban J connectivity index is 2.06. The number of rotatable bonds is 7. The molecule has 3 heteroatoms. The van der Waals surface area contributed by atoms with Crippen LogP contribution in [0.15, 0.2) is 97.3 Å². The van der Waals surface area contributed by atoms with Gasteiger partial charge in [-0.05, 0) is 36.5 Å². The summed E-state index contributed by atoms with van der Waals surface area (Å²) < 4.78 is 2.29. The number of imidazole rings is 1. The molecule has 0 atom stereocenters. The number of hydrogen-bond acceptors (Lipinski definition) is 2. The minimum atomic E-state index is -0.529. The highest BCUT2D eigenvalue weighted by Gasteiger charge is 2.39. The van der Waals surface area contributed by atoms with Crippen molar-refractivity contribution in [2.45, 2.75) is 25.3 Å². The second-order valence-corrected chi connectivity index (χ2v) is 7.28. The van der Waals surface area contributed by atoms with Crippen molar-refractivity contribution >= 4 is 0 Å². The fourth-order valence-electron chi connectivity index (χ4n) is 4.23. The summed E-state index contributed by atoms with van der Waals surface area (Å²) in [5.41, 5.74) is 5.18. The Hall–Kier alpha value is -3.17. The molecule has 3 nitrogen and oxygen atoms in total. The molecule has 0 amide bonds. The third-order valence-corrected chi connectivity index (χ3v) is 5.62. The molecule has 4 aromatic rings. The van der Waals surface area contributed by atoms with Crippen LogP contribution in [-0.4, -0.2) is 21.3 Å². The number of benzene rings is 3. The third kappa shape index (κ3) is 3.39. The van der Waals surface area contributed by atoms with E-state index in [1.165, 1.54) is 16.7 Å². The van der Waals surface area contributed by atoms with Gasteiger partial charge < -0.3 is 9.67 Å². The Bertz CT molecular complexity index is 943. The maximum Gasteiger partial charge on any atom is 0.121 e. The SMILES string of the molecule is Cc1c(CCCO)ncn1C(c1ccccc1)(c1ccccc1)c1ccccc1. The number of aliphatic hydroxyl groups excluding tert-OH is 1. The maximum absolute atomic E-state index is 9.28. The Morgan fingerprint density at radius 3 is 1.62 bits per heavy atom. The van der Waals surface area contributed by atoms with Crippen LogP contribution in [0.1, 0.15) is 34.5 Å². The van der Waals surface area contributed by atoms with Gasteiger partial charge in [-0.1, -0.05) is 91.0 Å². The molecule has 1 N–H and O–H groups in total. The molecule has 0 aliphatic carbocycles. The van der Waals surface area contributed by atoms with Crippen molar-refractivity contribution < 1.29 is 5.11 Å². The molecule has 0 saturated carbocycles. The van der Waals surface area contributed by atoms with E-state index in [0.717, 1.165) is 17.8 Å². The van der Waals surface area contributed by atoms with Crippen LogP contribution in [-0.2, 0) is 12.0 Å². The van der Waals surface area contributed by atoms with Crippen molar-refractivity contribution in [3.8, 4) is 0 Å². The molecule has 0 radical (unpaired) electrons. The van der Waals surface area contributed by atoms with E-state index >= 15 is 0 Å². The van der Waals surface area contributed by atoms with E-state index in [9.17, 15) is 5.11 Å². The molecule has 0 fully saturated rings. The summed E-state index contributed by atoms with van der Waals surface area (Å²) in [6.45, 7) is 2.30. The summed E-state index contributed by atoms with van der Waals surface area (Å²) in [5, 5.41) is 9.28. The van der Waals surface area contributed by atoms with Crippen molar-refractivity contribution in [3.05, 3.63) is 125 Å². The molecule has 29 heavy (non-hydrogen) atoms. The van der Waals surface area contributed by atoms with Crippen LogP contribution in [0.5, 0.6) is 0 Å². The first-order valence-corrected chi connectivity index (χ1v) is 10.1. The number of hydrogen-bond donors (Lipinski definition) is 1. The van der Waals surface area contributed by atoms with Gasteiger partial charge in [0.15, 0.2) is 0 Å². The van der Waals surface area contributed by atoms with Crippen molar-refractivity contribution in [1.82, 2.24) is 9.55 Å². The van der Waals surface area contributed by atoms with Crippen LogP contribution in [0.4, 0.5) is 0 Å².